The van der Waals surface area contributed by atoms with Gasteiger partial charge < -0.3 is 10.1 Å². The van der Waals surface area contributed by atoms with Crippen molar-refractivity contribution in [3.05, 3.63) is 54.1 Å². The zero-order valence-corrected chi connectivity index (χ0v) is 13.2. The SMILES string of the molecule is CCN1CCO[C@@H](CNc2ncc(F)cn2)[C@@H]1c1ccccc1. The van der Waals surface area contributed by atoms with Crippen LogP contribution in [0.15, 0.2) is 42.7 Å². The topological polar surface area (TPSA) is 50.3 Å². The van der Waals surface area contributed by atoms with Gasteiger partial charge >= 0.3 is 0 Å². The van der Waals surface area contributed by atoms with Crippen LogP contribution in [0, 0.1) is 5.82 Å². The molecule has 0 spiro atoms. The highest BCUT2D eigenvalue weighted by Gasteiger charge is 2.32. The second-order valence-electron chi connectivity index (χ2n) is 5.50. The summed E-state index contributed by atoms with van der Waals surface area (Å²) >= 11 is 0. The summed E-state index contributed by atoms with van der Waals surface area (Å²) in [7, 11) is 0. The van der Waals surface area contributed by atoms with E-state index in [-0.39, 0.29) is 12.1 Å². The molecule has 3 rings (SSSR count). The number of hydrogen-bond donors (Lipinski definition) is 1. The average molecular weight is 316 g/mol. The highest BCUT2D eigenvalue weighted by molar-refractivity contribution is 5.25. The third-order valence-corrected chi connectivity index (χ3v) is 4.08. The van der Waals surface area contributed by atoms with E-state index in [9.17, 15) is 4.39 Å². The molecule has 0 radical (unpaired) electrons. The maximum absolute atomic E-state index is 12.9. The Morgan fingerprint density at radius 3 is 2.70 bits per heavy atom. The summed E-state index contributed by atoms with van der Waals surface area (Å²) < 4.78 is 18.9. The average Bonchev–Trinajstić information content (AvgIpc) is 2.61. The molecular formula is C17H21FN4O. The Kier molecular flexibility index (Phi) is 5.15. The molecule has 1 saturated heterocycles. The van der Waals surface area contributed by atoms with Gasteiger partial charge in [0.25, 0.3) is 0 Å². The van der Waals surface area contributed by atoms with Crippen LogP contribution in [0.3, 0.4) is 0 Å². The first-order valence-electron chi connectivity index (χ1n) is 7.90. The van der Waals surface area contributed by atoms with Crippen LogP contribution in [0.25, 0.3) is 0 Å². The second kappa shape index (κ2) is 7.48. The zero-order valence-electron chi connectivity index (χ0n) is 13.2. The lowest BCUT2D eigenvalue weighted by atomic mass is 9.98. The van der Waals surface area contributed by atoms with Crippen LogP contribution in [0.4, 0.5) is 10.3 Å². The molecule has 1 aliphatic heterocycles. The molecule has 0 bridgehead atoms. The van der Waals surface area contributed by atoms with Gasteiger partial charge in [0.15, 0.2) is 5.82 Å². The van der Waals surface area contributed by atoms with E-state index in [4.69, 9.17) is 4.74 Å². The molecule has 2 heterocycles. The number of nitrogens with one attached hydrogen (secondary N) is 1. The Labute approximate surface area is 135 Å². The molecule has 5 nitrogen and oxygen atoms in total. The van der Waals surface area contributed by atoms with Crippen LogP contribution in [0.1, 0.15) is 18.5 Å². The Hall–Kier alpha value is -2.05. The Balaban J connectivity index is 1.73. The van der Waals surface area contributed by atoms with Crippen LogP contribution in [0.2, 0.25) is 0 Å². The summed E-state index contributed by atoms with van der Waals surface area (Å²) in [6.07, 6.45) is 2.30. The zero-order chi connectivity index (χ0) is 16.1. The largest absolute Gasteiger partial charge is 0.373 e. The normalized spacial score (nSPS) is 22.0. The number of anilines is 1. The van der Waals surface area contributed by atoms with Gasteiger partial charge in [0.1, 0.15) is 0 Å². The van der Waals surface area contributed by atoms with Crippen molar-refractivity contribution in [2.75, 3.05) is 31.6 Å². The number of hydrogen-bond acceptors (Lipinski definition) is 5. The molecule has 122 valence electrons. The highest BCUT2D eigenvalue weighted by atomic mass is 19.1. The van der Waals surface area contributed by atoms with Crippen molar-refractivity contribution in [2.45, 2.75) is 19.1 Å². The third kappa shape index (κ3) is 3.83. The van der Waals surface area contributed by atoms with E-state index in [0.717, 1.165) is 25.5 Å². The van der Waals surface area contributed by atoms with Gasteiger partial charge in [-0.3, -0.25) is 4.90 Å². The molecular weight excluding hydrogens is 295 g/mol. The Morgan fingerprint density at radius 1 is 1.26 bits per heavy atom. The smallest absolute Gasteiger partial charge is 0.222 e. The third-order valence-electron chi connectivity index (χ3n) is 4.08. The van der Waals surface area contributed by atoms with Crippen LogP contribution in [-0.2, 0) is 4.74 Å². The fourth-order valence-corrected chi connectivity index (χ4v) is 2.98. The summed E-state index contributed by atoms with van der Waals surface area (Å²) in [6, 6.07) is 10.6. The van der Waals surface area contributed by atoms with Crippen molar-refractivity contribution in [3.8, 4) is 0 Å². The second-order valence-corrected chi connectivity index (χ2v) is 5.50. The molecule has 1 aliphatic rings. The van der Waals surface area contributed by atoms with Crippen molar-refractivity contribution in [3.63, 3.8) is 0 Å². The monoisotopic (exact) mass is 316 g/mol. The molecule has 2 atom stereocenters. The maximum Gasteiger partial charge on any atom is 0.222 e. The molecule has 1 fully saturated rings. The number of morpholine rings is 1. The molecule has 1 aromatic carbocycles. The van der Waals surface area contributed by atoms with Crippen molar-refractivity contribution < 1.29 is 9.13 Å². The number of ether oxygens (including phenoxy) is 1. The fraction of sp³-hybridized carbons (Fsp3) is 0.412. The summed E-state index contributed by atoms with van der Waals surface area (Å²) in [5.74, 6) is -0.0285. The standard InChI is InChI=1S/C17H21FN4O/c1-2-22-8-9-23-15(16(22)13-6-4-3-5-7-13)12-21-17-19-10-14(18)11-20-17/h3-7,10-11,15-16H,2,8-9,12H2,1H3,(H,19,20,21)/t15-,16-/m0/s1. The first-order valence-corrected chi connectivity index (χ1v) is 7.90. The number of rotatable bonds is 5. The minimum Gasteiger partial charge on any atom is -0.373 e. The van der Waals surface area contributed by atoms with Gasteiger partial charge in [-0.25, -0.2) is 14.4 Å². The first-order chi connectivity index (χ1) is 11.3. The summed E-state index contributed by atoms with van der Waals surface area (Å²) in [5.41, 5.74) is 1.24. The van der Waals surface area contributed by atoms with Crippen LogP contribution >= 0.6 is 0 Å². The van der Waals surface area contributed by atoms with E-state index in [1.807, 2.05) is 18.2 Å². The molecule has 2 aromatic rings. The van der Waals surface area contributed by atoms with Gasteiger partial charge in [-0.15, -0.1) is 0 Å². The summed E-state index contributed by atoms with van der Waals surface area (Å²) in [6.45, 7) is 5.32. The number of likely N-dealkylation sites (N-methyl/N-ethyl adjacent to an activating group) is 1. The minimum atomic E-state index is -0.441. The van der Waals surface area contributed by atoms with Gasteiger partial charge in [0.05, 0.1) is 31.1 Å². The van der Waals surface area contributed by atoms with Gasteiger partial charge in [-0.1, -0.05) is 37.3 Å². The van der Waals surface area contributed by atoms with Crippen molar-refractivity contribution in [1.82, 2.24) is 14.9 Å². The molecule has 23 heavy (non-hydrogen) atoms. The summed E-state index contributed by atoms with van der Waals surface area (Å²) in [4.78, 5) is 10.3. The molecule has 0 aliphatic carbocycles. The number of halogens is 1. The molecule has 6 heteroatoms. The van der Waals surface area contributed by atoms with Crippen LogP contribution in [0.5, 0.6) is 0 Å². The minimum absolute atomic E-state index is 0.0141. The fourth-order valence-electron chi connectivity index (χ4n) is 2.98. The van der Waals surface area contributed by atoms with Gasteiger partial charge in [-0.2, -0.15) is 0 Å². The van der Waals surface area contributed by atoms with Gasteiger partial charge in [-0.05, 0) is 12.1 Å². The summed E-state index contributed by atoms with van der Waals surface area (Å²) in [5, 5.41) is 3.15. The van der Waals surface area contributed by atoms with E-state index < -0.39 is 5.82 Å². The Morgan fingerprint density at radius 2 is 2.00 bits per heavy atom. The van der Waals surface area contributed by atoms with Crippen molar-refractivity contribution in [2.24, 2.45) is 0 Å². The lowest BCUT2D eigenvalue weighted by Crippen LogP contribution is -2.47. The molecule has 0 saturated carbocycles. The first kappa shape index (κ1) is 15.8. The van der Waals surface area contributed by atoms with E-state index in [1.54, 1.807) is 0 Å². The molecule has 1 N–H and O–H groups in total. The van der Waals surface area contributed by atoms with Gasteiger partial charge in [0, 0.05) is 13.1 Å². The quantitative estimate of drug-likeness (QED) is 0.918. The van der Waals surface area contributed by atoms with Crippen LogP contribution in [-0.4, -0.2) is 47.2 Å². The van der Waals surface area contributed by atoms with E-state index in [0.29, 0.717) is 19.1 Å². The lowest BCUT2D eigenvalue weighted by molar-refractivity contribution is -0.0639. The predicted molar refractivity (Wildman–Crippen MR) is 86.6 cm³/mol. The maximum atomic E-state index is 12.9. The molecule has 0 unspecified atom stereocenters. The number of benzene rings is 1. The Bertz CT molecular complexity index is 608. The predicted octanol–water partition coefficient (Wildman–Crippen LogP) is 2.49. The lowest BCUT2D eigenvalue weighted by Gasteiger charge is -2.41. The van der Waals surface area contributed by atoms with Gasteiger partial charge in [0.2, 0.25) is 5.95 Å². The van der Waals surface area contributed by atoms with E-state index >= 15 is 0 Å². The van der Waals surface area contributed by atoms with Crippen molar-refractivity contribution in [1.29, 1.82) is 0 Å². The van der Waals surface area contributed by atoms with E-state index in [2.05, 4.69) is 39.2 Å². The van der Waals surface area contributed by atoms with Crippen molar-refractivity contribution >= 4 is 5.95 Å². The number of nitrogens with zero attached hydrogens (tertiary/aromatic N) is 3. The van der Waals surface area contributed by atoms with E-state index in [1.165, 1.54) is 5.56 Å². The van der Waals surface area contributed by atoms with Crippen LogP contribution < -0.4 is 5.32 Å². The highest BCUT2D eigenvalue weighted by Crippen LogP contribution is 2.29. The molecule has 1 aromatic heterocycles. The number of aromatic nitrogens is 2. The molecule has 0 amide bonds.